The van der Waals surface area contributed by atoms with Crippen molar-refractivity contribution >= 4 is 27.7 Å². The summed E-state index contributed by atoms with van der Waals surface area (Å²) in [6.07, 6.45) is 1.11. The van der Waals surface area contributed by atoms with Crippen molar-refractivity contribution in [3.05, 3.63) is 63.4 Å². The van der Waals surface area contributed by atoms with Gasteiger partial charge in [0.1, 0.15) is 11.4 Å². The van der Waals surface area contributed by atoms with Crippen molar-refractivity contribution in [2.24, 2.45) is 0 Å². The lowest BCUT2D eigenvalue weighted by Crippen LogP contribution is -2.42. The third-order valence-corrected chi connectivity index (χ3v) is 5.50. The molecule has 3 rings (SSSR count). The number of rotatable bonds is 2. The molecule has 0 spiro atoms. The Labute approximate surface area is 175 Å². The summed E-state index contributed by atoms with van der Waals surface area (Å²) in [5.41, 5.74) is 3.30. The molecule has 1 aliphatic rings. The predicted octanol–water partition coefficient (Wildman–Crippen LogP) is 7.14. The average molecular weight is 448 g/mol. The van der Waals surface area contributed by atoms with E-state index in [-0.39, 0.29) is 11.9 Å². The Morgan fingerprint density at radius 2 is 1.96 bits per heavy atom. The minimum Gasteiger partial charge on any atom is -0.443 e. The normalized spacial score (nSPS) is 16.9. The standard InChI is InChI=1S/C23H27BrFNO2/c1-14(2)17-11-16-9-10-20(15-7-6-8-18(25)12-15)26(21(16)19(24)13-17)22(27)28-23(3,4)5/h6-8,11-14,20H,9-10H2,1-5H3. The molecule has 0 N–H and O–H groups in total. The van der Waals surface area contributed by atoms with Gasteiger partial charge in [0.15, 0.2) is 0 Å². The minimum atomic E-state index is -0.620. The Bertz CT molecular complexity index is 889. The maximum Gasteiger partial charge on any atom is 0.415 e. The SMILES string of the molecule is CC(C)c1cc(Br)c2c(c1)CCC(c1cccc(F)c1)N2C(=O)OC(C)(C)C. The van der Waals surface area contributed by atoms with Crippen molar-refractivity contribution in [1.82, 2.24) is 0 Å². The lowest BCUT2D eigenvalue weighted by atomic mass is 9.89. The van der Waals surface area contributed by atoms with Crippen LogP contribution in [0.2, 0.25) is 0 Å². The van der Waals surface area contributed by atoms with E-state index in [1.807, 2.05) is 26.8 Å². The highest BCUT2D eigenvalue weighted by Gasteiger charge is 2.36. The first-order chi connectivity index (χ1) is 13.1. The summed E-state index contributed by atoms with van der Waals surface area (Å²) >= 11 is 3.68. The molecule has 1 amide bonds. The van der Waals surface area contributed by atoms with Crippen molar-refractivity contribution in [2.75, 3.05) is 4.90 Å². The van der Waals surface area contributed by atoms with Crippen LogP contribution >= 0.6 is 15.9 Å². The molecule has 150 valence electrons. The summed E-state index contributed by atoms with van der Waals surface area (Å²) in [7, 11) is 0. The zero-order chi connectivity index (χ0) is 20.6. The number of carbonyl (C=O) groups is 1. The minimum absolute atomic E-state index is 0.278. The molecule has 0 radical (unpaired) electrons. The highest BCUT2D eigenvalue weighted by molar-refractivity contribution is 9.10. The van der Waals surface area contributed by atoms with Crippen molar-refractivity contribution in [3.8, 4) is 0 Å². The lowest BCUT2D eigenvalue weighted by molar-refractivity contribution is 0.0559. The Hall–Kier alpha value is -1.88. The number of carbonyl (C=O) groups excluding carboxylic acids is 1. The third-order valence-electron chi connectivity index (χ3n) is 4.89. The molecule has 1 aliphatic heterocycles. The second-order valence-corrected chi connectivity index (χ2v) is 9.48. The summed E-state index contributed by atoms with van der Waals surface area (Å²) in [5, 5.41) is 0. The largest absolute Gasteiger partial charge is 0.443 e. The number of amides is 1. The lowest BCUT2D eigenvalue weighted by Gasteiger charge is -2.39. The Kier molecular flexibility index (Phi) is 5.85. The molecule has 2 aromatic carbocycles. The fourth-order valence-electron chi connectivity index (χ4n) is 3.61. The van der Waals surface area contributed by atoms with Crippen molar-refractivity contribution in [3.63, 3.8) is 0 Å². The van der Waals surface area contributed by atoms with E-state index in [0.717, 1.165) is 27.7 Å². The molecular formula is C23H27BrFNO2. The van der Waals surface area contributed by atoms with Gasteiger partial charge in [-0.3, -0.25) is 4.90 Å². The van der Waals surface area contributed by atoms with Gasteiger partial charge in [0, 0.05) is 4.47 Å². The molecule has 0 saturated heterocycles. The van der Waals surface area contributed by atoms with E-state index in [0.29, 0.717) is 12.3 Å². The van der Waals surface area contributed by atoms with E-state index in [1.165, 1.54) is 17.7 Å². The predicted molar refractivity (Wildman–Crippen MR) is 114 cm³/mol. The second-order valence-electron chi connectivity index (χ2n) is 8.62. The molecule has 0 saturated carbocycles. The Morgan fingerprint density at radius 1 is 1.25 bits per heavy atom. The number of ether oxygens (including phenoxy) is 1. The Balaban J connectivity index is 2.12. The fraction of sp³-hybridized carbons (Fsp3) is 0.435. The average Bonchev–Trinajstić information content (AvgIpc) is 2.59. The third kappa shape index (κ3) is 4.40. The van der Waals surface area contributed by atoms with Crippen LogP contribution in [0.4, 0.5) is 14.9 Å². The number of nitrogens with zero attached hydrogens (tertiary/aromatic N) is 1. The highest BCUT2D eigenvalue weighted by Crippen LogP contribution is 2.44. The Morgan fingerprint density at radius 3 is 2.57 bits per heavy atom. The molecule has 3 nitrogen and oxygen atoms in total. The molecule has 0 bridgehead atoms. The number of fused-ring (bicyclic) bond motifs is 1. The quantitative estimate of drug-likeness (QED) is 0.489. The summed E-state index contributed by atoms with van der Waals surface area (Å²) < 4.78 is 20.5. The number of hydrogen-bond donors (Lipinski definition) is 0. The van der Waals surface area contributed by atoms with Crippen LogP contribution in [-0.4, -0.2) is 11.7 Å². The van der Waals surface area contributed by atoms with Gasteiger partial charge in [-0.1, -0.05) is 32.0 Å². The van der Waals surface area contributed by atoms with E-state index in [2.05, 4.69) is 41.9 Å². The van der Waals surface area contributed by atoms with Crippen LogP contribution in [-0.2, 0) is 11.2 Å². The molecular weight excluding hydrogens is 421 g/mol. The van der Waals surface area contributed by atoms with Gasteiger partial charge in [-0.25, -0.2) is 9.18 Å². The van der Waals surface area contributed by atoms with Crippen LogP contribution < -0.4 is 4.90 Å². The smallest absolute Gasteiger partial charge is 0.415 e. The van der Waals surface area contributed by atoms with Crippen LogP contribution in [0.5, 0.6) is 0 Å². The fourth-order valence-corrected chi connectivity index (χ4v) is 4.32. The van der Waals surface area contributed by atoms with Crippen LogP contribution in [0.25, 0.3) is 0 Å². The molecule has 28 heavy (non-hydrogen) atoms. The molecule has 0 fully saturated rings. The molecule has 1 unspecified atom stereocenters. The summed E-state index contributed by atoms with van der Waals surface area (Å²) in [5.74, 6) is 0.0826. The van der Waals surface area contributed by atoms with Gasteiger partial charge >= 0.3 is 6.09 Å². The number of anilines is 1. The van der Waals surface area contributed by atoms with Crippen molar-refractivity contribution in [2.45, 2.75) is 65.0 Å². The van der Waals surface area contributed by atoms with E-state index >= 15 is 0 Å². The second kappa shape index (κ2) is 7.86. The van der Waals surface area contributed by atoms with E-state index in [9.17, 15) is 9.18 Å². The van der Waals surface area contributed by atoms with Crippen LogP contribution in [0.1, 0.15) is 69.7 Å². The van der Waals surface area contributed by atoms with E-state index in [4.69, 9.17) is 4.74 Å². The number of halogens is 2. The van der Waals surface area contributed by atoms with Gasteiger partial charge in [-0.15, -0.1) is 0 Å². The topological polar surface area (TPSA) is 29.5 Å². The van der Waals surface area contributed by atoms with Crippen LogP contribution in [0.15, 0.2) is 40.9 Å². The highest BCUT2D eigenvalue weighted by atomic mass is 79.9. The monoisotopic (exact) mass is 447 g/mol. The van der Waals surface area contributed by atoms with Gasteiger partial charge in [0.2, 0.25) is 0 Å². The first kappa shape index (κ1) is 20.8. The first-order valence-corrected chi connectivity index (χ1v) is 10.5. The molecule has 1 heterocycles. The molecule has 0 aliphatic carbocycles. The molecule has 2 aromatic rings. The summed E-state index contributed by atoms with van der Waals surface area (Å²) in [6.45, 7) is 9.86. The maximum atomic E-state index is 13.9. The van der Waals surface area contributed by atoms with Gasteiger partial charge in [-0.2, -0.15) is 0 Å². The summed E-state index contributed by atoms with van der Waals surface area (Å²) in [4.78, 5) is 14.9. The van der Waals surface area contributed by atoms with Crippen LogP contribution in [0.3, 0.4) is 0 Å². The number of hydrogen-bond acceptors (Lipinski definition) is 2. The summed E-state index contributed by atoms with van der Waals surface area (Å²) in [6, 6.07) is 10.4. The van der Waals surface area contributed by atoms with Crippen LogP contribution in [0, 0.1) is 5.82 Å². The van der Waals surface area contributed by atoms with E-state index in [1.54, 1.807) is 11.0 Å². The molecule has 5 heteroatoms. The molecule has 1 atom stereocenters. The maximum absolute atomic E-state index is 13.9. The number of aryl methyl sites for hydroxylation is 1. The zero-order valence-corrected chi connectivity index (χ0v) is 18.6. The van der Waals surface area contributed by atoms with Gasteiger partial charge < -0.3 is 4.74 Å². The number of benzene rings is 2. The van der Waals surface area contributed by atoms with E-state index < -0.39 is 11.7 Å². The molecule has 0 aromatic heterocycles. The van der Waals surface area contributed by atoms with Crippen molar-refractivity contribution in [1.29, 1.82) is 0 Å². The first-order valence-electron chi connectivity index (χ1n) is 9.67. The zero-order valence-electron chi connectivity index (χ0n) is 17.1. The van der Waals surface area contributed by atoms with Gasteiger partial charge in [-0.05, 0) is 90.4 Å². The van der Waals surface area contributed by atoms with Gasteiger partial charge in [0.05, 0.1) is 11.7 Å². The van der Waals surface area contributed by atoms with Crippen molar-refractivity contribution < 1.29 is 13.9 Å². The van der Waals surface area contributed by atoms with Gasteiger partial charge in [0.25, 0.3) is 0 Å².